The van der Waals surface area contributed by atoms with E-state index >= 15 is 0 Å². The van der Waals surface area contributed by atoms with Crippen LogP contribution < -0.4 is 5.32 Å². The normalized spacial score (nSPS) is 29.9. The fourth-order valence-electron chi connectivity index (χ4n) is 3.78. The van der Waals surface area contributed by atoms with E-state index < -0.39 is 5.97 Å². The Kier molecular flexibility index (Phi) is 5.25. The summed E-state index contributed by atoms with van der Waals surface area (Å²) in [5.41, 5.74) is -0.293. The summed E-state index contributed by atoms with van der Waals surface area (Å²) in [6.07, 6.45) is 4.72. The number of hydrogen-bond acceptors (Lipinski definition) is 3. The molecule has 0 radical (unpaired) electrons. The number of nitrogens with one attached hydrogen (secondary N) is 1. The topological polar surface area (TPSA) is 69.6 Å². The molecular formula is C16H28N2O3. The second-order valence-electron chi connectivity index (χ2n) is 6.82. The van der Waals surface area contributed by atoms with E-state index in [2.05, 4.69) is 19.2 Å². The number of aliphatic carboxylic acids is 1. The summed E-state index contributed by atoms with van der Waals surface area (Å²) in [5, 5.41) is 12.2. The Labute approximate surface area is 127 Å². The molecule has 0 aromatic heterocycles. The minimum atomic E-state index is -0.769. The maximum atomic E-state index is 13.2. The van der Waals surface area contributed by atoms with E-state index in [1.54, 1.807) is 0 Å². The largest absolute Gasteiger partial charge is 0.481 e. The van der Waals surface area contributed by atoms with Gasteiger partial charge < -0.3 is 15.3 Å². The Hall–Kier alpha value is -1.10. The molecule has 0 aromatic rings. The lowest BCUT2D eigenvalue weighted by atomic mass is 9.74. The maximum absolute atomic E-state index is 13.2. The van der Waals surface area contributed by atoms with Crippen LogP contribution in [0.25, 0.3) is 0 Å². The quantitative estimate of drug-likeness (QED) is 0.812. The third-order valence-corrected chi connectivity index (χ3v) is 5.30. The molecule has 2 N–H and O–H groups in total. The lowest BCUT2D eigenvalue weighted by Gasteiger charge is -2.43. The molecule has 0 aliphatic carbocycles. The van der Waals surface area contributed by atoms with Gasteiger partial charge in [-0.1, -0.05) is 13.8 Å². The molecule has 2 rings (SSSR count). The van der Waals surface area contributed by atoms with Gasteiger partial charge in [-0.3, -0.25) is 9.59 Å². The summed E-state index contributed by atoms with van der Waals surface area (Å²) in [4.78, 5) is 26.0. The Morgan fingerprint density at radius 1 is 1.38 bits per heavy atom. The maximum Gasteiger partial charge on any atom is 0.303 e. The number of hydrogen-bond donors (Lipinski definition) is 2. The fraction of sp³-hybridized carbons (Fsp3) is 0.875. The van der Waals surface area contributed by atoms with Gasteiger partial charge in [0.1, 0.15) is 0 Å². The number of carboxylic acids is 1. The molecule has 2 aliphatic heterocycles. The van der Waals surface area contributed by atoms with Crippen LogP contribution in [0.15, 0.2) is 0 Å². The van der Waals surface area contributed by atoms with Crippen molar-refractivity contribution in [2.24, 2.45) is 11.3 Å². The van der Waals surface area contributed by atoms with Gasteiger partial charge in [-0.2, -0.15) is 0 Å². The van der Waals surface area contributed by atoms with Crippen molar-refractivity contribution in [3.05, 3.63) is 0 Å². The number of rotatable bonds is 5. The van der Waals surface area contributed by atoms with Gasteiger partial charge in [-0.15, -0.1) is 0 Å². The van der Waals surface area contributed by atoms with E-state index in [1.165, 1.54) is 0 Å². The van der Waals surface area contributed by atoms with Gasteiger partial charge in [0.15, 0.2) is 0 Å². The van der Waals surface area contributed by atoms with E-state index in [-0.39, 0.29) is 23.8 Å². The molecule has 2 saturated heterocycles. The highest BCUT2D eigenvalue weighted by atomic mass is 16.4. The van der Waals surface area contributed by atoms with Gasteiger partial charge in [0, 0.05) is 25.6 Å². The summed E-state index contributed by atoms with van der Waals surface area (Å²) in [5.74, 6) is -0.214. The van der Waals surface area contributed by atoms with Crippen LogP contribution in [0.3, 0.4) is 0 Å². The summed E-state index contributed by atoms with van der Waals surface area (Å²) in [6.45, 7) is 6.70. The summed E-state index contributed by atoms with van der Waals surface area (Å²) in [6, 6.07) is 0.110. The molecule has 1 amide bonds. The van der Waals surface area contributed by atoms with Gasteiger partial charge in [-0.25, -0.2) is 0 Å². The van der Waals surface area contributed by atoms with Crippen molar-refractivity contribution in [1.82, 2.24) is 10.2 Å². The van der Waals surface area contributed by atoms with Crippen molar-refractivity contribution in [2.75, 3.05) is 19.6 Å². The molecule has 21 heavy (non-hydrogen) atoms. The molecule has 2 unspecified atom stereocenters. The zero-order chi connectivity index (χ0) is 15.5. The number of carbonyl (C=O) groups is 2. The Morgan fingerprint density at radius 2 is 2.14 bits per heavy atom. The van der Waals surface area contributed by atoms with Crippen LogP contribution in [-0.4, -0.2) is 47.6 Å². The smallest absolute Gasteiger partial charge is 0.303 e. The Balaban J connectivity index is 2.12. The van der Waals surface area contributed by atoms with E-state index in [1.807, 2.05) is 4.90 Å². The van der Waals surface area contributed by atoms with E-state index in [0.717, 1.165) is 45.3 Å². The minimum Gasteiger partial charge on any atom is -0.481 e. The van der Waals surface area contributed by atoms with Crippen molar-refractivity contribution < 1.29 is 14.7 Å². The average molecular weight is 296 g/mol. The molecule has 2 aliphatic rings. The molecule has 0 bridgehead atoms. The highest BCUT2D eigenvalue weighted by Gasteiger charge is 2.47. The molecule has 2 fully saturated rings. The molecule has 5 heteroatoms. The first kappa shape index (κ1) is 16.3. The van der Waals surface area contributed by atoms with Crippen LogP contribution in [0.4, 0.5) is 0 Å². The zero-order valence-electron chi connectivity index (χ0n) is 13.2. The van der Waals surface area contributed by atoms with Crippen molar-refractivity contribution in [1.29, 1.82) is 0 Å². The van der Waals surface area contributed by atoms with Crippen molar-refractivity contribution in [3.63, 3.8) is 0 Å². The molecule has 5 nitrogen and oxygen atoms in total. The summed E-state index contributed by atoms with van der Waals surface area (Å²) in [7, 11) is 0. The minimum absolute atomic E-state index is 0.110. The number of nitrogens with zero attached hydrogens (tertiary/aromatic N) is 1. The molecule has 0 aromatic carbocycles. The average Bonchev–Trinajstić information content (AvgIpc) is 2.95. The van der Waals surface area contributed by atoms with Crippen molar-refractivity contribution >= 4 is 11.9 Å². The highest BCUT2D eigenvalue weighted by Crippen LogP contribution is 2.38. The summed E-state index contributed by atoms with van der Waals surface area (Å²) >= 11 is 0. The summed E-state index contributed by atoms with van der Waals surface area (Å²) < 4.78 is 0. The van der Waals surface area contributed by atoms with Gasteiger partial charge >= 0.3 is 5.97 Å². The van der Waals surface area contributed by atoms with Crippen LogP contribution in [-0.2, 0) is 9.59 Å². The highest BCUT2D eigenvalue weighted by molar-refractivity contribution is 5.84. The number of piperidine rings is 1. The van der Waals surface area contributed by atoms with Gasteiger partial charge in [0.25, 0.3) is 0 Å². The van der Waals surface area contributed by atoms with Crippen LogP contribution >= 0.6 is 0 Å². The lowest BCUT2D eigenvalue weighted by molar-refractivity contribution is -0.149. The predicted molar refractivity (Wildman–Crippen MR) is 81.0 cm³/mol. The second-order valence-corrected chi connectivity index (χ2v) is 6.82. The standard InChI is InChI=1S/C16H28N2O3/c1-12(2)16(8-9-17-11-16)15(21)18-10-4-3-5-13(18)6-7-14(19)20/h12-13,17H,3-11H2,1-2H3,(H,19,20). The second kappa shape index (κ2) is 6.77. The first-order valence-corrected chi connectivity index (χ1v) is 8.21. The van der Waals surface area contributed by atoms with Gasteiger partial charge in [-0.05, 0) is 44.6 Å². The molecule has 0 saturated carbocycles. The van der Waals surface area contributed by atoms with Crippen LogP contribution in [0.1, 0.15) is 52.4 Å². The zero-order valence-corrected chi connectivity index (χ0v) is 13.2. The van der Waals surface area contributed by atoms with Crippen molar-refractivity contribution in [3.8, 4) is 0 Å². The number of carboxylic acid groups (broad SMARTS) is 1. The number of amides is 1. The molecule has 0 spiro atoms. The predicted octanol–water partition coefficient (Wildman–Crippen LogP) is 1.87. The first-order chi connectivity index (χ1) is 9.97. The van der Waals surface area contributed by atoms with Crippen LogP contribution in [0.5, 0.6) is 0 Å². The van der Waals surface area contributed by atoms with Crippen LogP contribution in [0, 0.1) is 11.3 Å². The molecule has 2 heterocycles. The third-order valence-electron chi connectivity index (χ3n) is 5.30. The van der Waals surface area contributed by atoms with Gasteiger partial charge in [0.05, 0.1) is 5.41 Å². The van der Waals surface area contributed by atoms with Crippen LogP contribution in [0.2, 0.25) is 0 Å². The monoisotopic (exact) mass is 296 g/mol. The van der Waals surface area contributed by atoms with Crippen molar-refractivity contribution in [2.45, 2.75) is 58.4 Å². The van der Waals surface area contributed by atoms with E-state index in [4.69, 9.17) is 5.11 Å². The third kappa shape index (κ3) is 3.39. The fourth-order valence-corrected chi connectivity index (χ4v) is 3.78. The Bertz CT molecular complexity index is 389. The number of carbonyl (C=O) groups excluding carboxylic acids is 1. The SMILES string of the molecule is CC(C)C1(C(=O)N2CCCCC2CCC(=O)O)CCNC1. The number of likely N-dealkylation sites (tertiary alicyclic amines) is 1. The molecule has 2 atom stereocenters. The Morgan fingerprint density at radius 3 is 2.71 bits per heavy atom. The van der Waals surface area contributed by atoms with E-state index in [0.29, 0.717) is 12.3 Å². The molecule has 120 valence electrons. The van der Waals surface area contributed by atoms with E-state index in [9.17, 15) is 9.59 Å². The molecular weight excluding hydrogens is 268 g/mol. The lowest BCUT2D eigenvalue weighted by Crippen LogP contribution is -2.53. The van der Waals surface area contributed by atoms with Gasteiger partial charge in [0.2, 0.25) is 5.91 Å². The first-order valence-electron chi connectivity index (χ1n) is 8.21.